The van der Waals surface area contributed by atoms with E-state index in [0.717, 1.165) is 35.6 Å². The predicted octanol–water partition coefficient (Wildman–Crippen LogP) is 3.41. The summed E-state index contributed by atoms with van der Waals surface area (Å²) in [5.74, 6) is -0.220. The lowest BCUT2D eigenvalue weighted by atomic mass is 9.99. The van der Waals surface area contributed by atoms with Gasteiger partial charge in [0.2, 0.25) is 0 Å². The molecule has 4 heteroatoms. The van der Waals surface area contributed by atoms with Gasteiger partial charge < -0.3 is 10.1 Å². The molecule has 1 heterocycles. The Hall–Kier alpha value is -2.36. The van der Waals surface area contributed by atoms with E-state index in [1.54, 1.807) is 12.1 Å². The first-order chi connectivity index (χ1) is 9.78. The van der Waals surface area contributed by atoms with Gasteiger partial charge in [-0.05, 0) is 23.8 Å². The molecule has 0 aromatic heterocycles. The molecule has 1 aliphatic rings. The van der Waals surface area contributed by atoms with Crippen LogP contribution in [-0.4, -0.2) is 17.5 Å². The molecule has 1 N–H and O–H groups in total. The molecular weight excluding hydrogens is 255 g/mol. The highest BCUT2D eigenvalue weighted by atomic mass is 19.1. The average molecular weight is 270 g/mol. The third-order valence-electron chi connectivity index (χ3n) is 3.58. The van der Waals surface area contributed by atoms with Crippen molar-refractivity contribution < 1.29 is 9.60 Å². The van der Waals surface area contributed by atoms with E-state index in [1.165, 1.54) is 12.1 Å². The number of para-hydroxylation sites is 1. The number of fused-ring (bicyclic) bond motifs is 1. The van der Waals surface area contributed by atoms with Crippen LogP contribution in [0.15, 0.2) is 53.7 Å². The predicted molar refractivity (Wildman–Crippen MR) is 76.8 cm³/mol. The van der Waals surface area contributed by atoms with Crippen molar-refractivity contribution in [2.75, 3.05) is 11.4 Å². The summed E-state index contributed by atoms with van der Waals surface area (Å²) < 4.78 is 12.9. The zero-order valence-corrected chi connectivity index (χ0v) is 11.0. The maximum absolute atomic E-state index is 12.9. The van der Waals surface area contributed by atoms with Crippen molar-refractivity contribution in [2.45, 2.75) is 13.0 Å². The second-order valence-corrected chi connectivity index (χ2v) is 4.86. The van der Waals surface area contributed by atoms with Crippen molar-refractivity contribution in [2.24, 2.45) is 5.16 Å². The third-order valence-corrected chi connectivity index (χ3v) is 3.58. The van der Waals surface area contributed by atoms with Crippen molar-refractivity contribution in [3.8, 4) is 0 Å². The highest BCUT2D eigenvalue weighted by Gasteiger charge is 2.21. The molecule has 2 aromatic rings. The average Bonchev–Trinajstić information content (AvgIpc) is 2.50. The maximum Gasteiger partial charge on any atom is 0.123 e. The lowest BCUT2D eigenvalue weighted by Gasteiger charge is -2.31. The fourth-order valence-electron chi connectivity index (χ4n) is 2.57. The van der Waals surface area contributed by atoms with Crippen LogP contribution in [0.2, 0.25) is 0 Å². The quantitative estimate of drug-likeness (QED) is 0.670. The van der Waals surface area contributed by atoms with Crippen LogP contribution in [0.4, 0.5) is 10.1 Å². The number of benzene rings is 2. The fraction of sp³-hybridized carbons (Fsp3) is 0.188. The molecule has 0 saturated heterocycles. The molecule has 0 radical (unpaired) electrons. The van der Waals surface area contributed by atoms with Crippen LogP contribution >= 0.6 is 0 Å². The minimum absolute atomic E-state index is 0.220. The van der Waals surface area contributed by atoms with E-state index in [-0.39, 0.29) is 5.82 Å². The highest BCUT2D eigenvalue weighted by Crippen LogP contribution is 2.28. The number of oxime groups is 1. The number of nitrogens with zero attached hydrogens (tertiary/aromatic N) is 2. The first-order valence-electron chi connectivity index (χ1n) is 6.57. The molecule has 3 rings (SSSR count). The van der Waals surface area contributed by atoms with Crippen LogP contribution in [0, 0.1) is 5.82 Å². The molecular formula is C16H15FN2O. The van der Waals surface area contributed by atoms with E-state index < -0.39 is 0 Å². The second-order valence-electron chi connectivity index (χ2n) is 4.86. The molecule has 0 fully saturated rings. The third kappa shape index (κ3) is 2.37. The summed E-state index contributed by atoms with van der Waals surface area (Å²) >= 11 is 0. The minimum Gasteiger partial charge on any atom is -0.411 e. The number of anilines is 1. The van der Waals surface area contributed by atoms with Gasteiger partial charge in [0, 0.05) is 30.8 Å². The molecule has 1 aliphatic heterocycles. The molecule has 2 aromatic carbocycles. The van der Waals surface area contributed by atoms with Crippen LogP contribution < -0.4 is 4.90 Å². The summed E-state index contributed by atoms with van der Waals surface area (Å²) in [6.45, 7) is 1.50. The van der Waals surface area contributed by atoms with Gasteiger partial charge in [0.25, 0.3) is 0 Å². The maximum atomic E-state index is 12.9. The molecule has 102 valence electrons. The van der Waals surface area contributed by atoms with Gasteiger partial charge in [0.15, 0.2) is 0 Å². The van der Waals surface area contributed by atoms with E-state index in [0.29, 0.717) is 6.42 Å². The van der Waals surface area contributed by atoms with Crippen molar-refractivity contribution in [1.82, 2.24) is 0 Å². The largest absolute Gasteiger partial charge is 0.411 e. The smallest absolute Gasteiger partial charge is 0.123 e. The van der Waals surface area contributed by atoms with Crippen LogP contribution in [0.3, 0.4) is 0 Å². The van der Waals surface area contributed by atoms with E-state index in [4.69, 9.17) is 5.21 Å². The van der Waals surface area contributed by atoms with Crippen molar-refractivity contribution in [3.05, 3.63) is 65.5 Å². The first kappa shape index (κ1) is 12.7. The Morgan fingerprint density at radius 1 is 1.10 bits per heavy atom. The van der Waals surface area contributed by atoms with Crippen LogP contribution in [-0.2, 0) is 6.54 Å². The first-order valence-corrected chi connectivity index (χ1v) is 6.57. The Bertz CT molecular complexity index is 637. The summed E-state index contributed by atoms with van der Waals surface area (Å²) in [6.07, 6.45) is 0.703. The van der Waals surface area contributed by atoms with Gasteiger partial charge in [-0.3, -0.25) is 0 Å². The Labute approximate surface area is 117 Å². The van der Waals surface area contributed by atoms with Gasteiger partial charge in [0.05, 0.1) is 5.71 Å². The minimum atomic E-state index is -0.220. The van der Waals surface area contributed by atoms with Crippen molar-refractivity contribution in [3.63, 3.8) is 0 Å². The molecule has 0 saturated carbocycles. The molecule has 0 amide bonds. The topological polar surface area (TPSA) is 35.8 Å². The Balaban J connectivity index is 1.90. The van der Waals surface area contributed by atoms with E-state index in [9.17, 15) is 4.39 Å². The van der Waals surface area contributed by atoms with E-state index in [2.05, 4.69) is 10.1 Å². The van der Waals surface area contributed by atoms with Gasteiger partial charge in [0.1, 0.15) is 5.82 Å². The van der Waals surface area contributed by atoms with Crippen molar-refractivity contribution >= 4 is 11.4 Å². The van der Waals surface area contributed by atoms with Crippen LogP contribution in [0.1, 0.15) is 17.5 Å². The number of hydrogen-bond acceptors (Lipinski definition) is 3. The molecule has 0 unspecified atom stereocenters. The zero-order chi connectivity index (χ0) is 13.9. The number of halogens is 1. The summed E-state index contributed by atoms with van der Waals surface area (Å²) in [5, 5.41) is 12.5. The summed E-state index contributed by atoms with van der Waals surface area (Å²) in [4.78, 5) is 2.22. The van der Waals surface area contributed by atoms with Crippen LogP contribution in [0.25, 0.3) is 0 Å². The van der Waals surface area contributed by atoms with Gasteiger partial charge in [-0.25, -0.2) is 4.39 Å². The van der Waals surface area contributed by atoms with Gasteiger partial charge in [-0.1, -0.05) is 35.5 Å². The lowest BCUT2D eigenvalue weighted by Crippen LogP contribution is -2.31. The summed E-state index contributed by atoms with van der Waals surface area (Å²) in [6, 6.07) is 14.4. The Morgan fingerprint density at radius 3 is 2.60 bits per heavy atom. The standard InChI is InChI=1S/C16H15FN2O/c17-13-7-5-12(6-8-13)11-19-10-9-15(18-20)14-3-1-2-4-16(14)19/h1-8,20H,9-11H2. The number of rotatable bonds is 2. The fourth-order valence-corrected chi connectivity index (χ4v) is 2.57. The van der Waals surface area contributed by atoms with Gasteiger partial charge in [-0.15, -0.1) is 0 Å². The molecule has 20 heavy (non-hydrogen) atoms. The molecule has 0 spiro atoms. The van der Waals surface area contributed by atoms with Crippen molar-refractivity contribution in [1.29, 1.82) is 0 Å². The van der Waals surface area contributed by atoms with E-state index >= 15 is 0 Å². The molecule has 0 atom stereocenters. The summed E-state index contributed by atoms with van der Waals surface area (Å²) in [5.41, 5.74) is 3.79. The van der Waals surface area contributed by atoms with Gasteiger partial charge in [-0.2, -0.15) is 0 Å². The van der Waals surface area contributed by atoms with Gasteiger partial charge >= 0.3 is 0 Å². The van der Waals surface area contributed by atoms with E-state index in [1.807, 2.05) is 24.3 Å². The molecule has 0 bridgehead atoms. The summed E-state index contributed by atoms with van der Waals surface area (Å²) in [7, 11) is 0. The Morgan fingerprint density at radius 2 is 1.85 bits per heavy atom. The second kappa shape index (κ2) is 5.33. The normalized spacial score (nSPS) is 16.2. The highest BCUT2D eigenvalue weighted by molar-refractivity contribution is 6.06. The monoisotopic (exact) mass is 270 g/mol. The SMILES string of the molecule is ON=C1CCN(Cc2ccc(F)cc2)c2ccccc21. The molecule has 0 aliphatic carbocycles. The van der Waals surface area contributed by atoms with Crippen LogP contribution in [0.5, 0.6) is 0 Å². The zero-order valence-electron chi connectivity index (χ0n) is 11.0. The number of hydrogen-bond donors (Lipinski definition) is 1. The Kier molecular flexibility index (Phi) is 3.37. The lowest BCUT2D eigenvalue weighted by molar-refractivity contribution is 0.317. The molecule has 3 nitrogen and oxygen atoms in total.